The lowest BCUT2D eigenvalue weighted by atomic mass is 10.1. The van der Waals surface area contributed by atoms with Crippen molar-refractivity contribution in [1.29, 1.82) is 0 Å². The predicted molar refractivity (Wildman–Crippen MR) is 80.4 cm³/mol. The van der Waals surface area contributed by atoms with Gasteiger partial charge in [-0.1, -0.05) is 29.8 Å². The molecular formula is C16H14ClNO3. The van der Waals surface area contributed by atoms with E-state index in [1.54, 1.807) is 48.5 Å². The number of hydrogen-bond donors (Lipinski definition) is 1. The Morgan fingerprint density at radius 2 is 1.81 bits per heavy atom. The van der Waals surface area contributed by atoms with E-state index >= 15 is 0 Å². The van der Waals surface area contributed by atoms with Crippen molar-refractivity contribution in [3.05, 3.63) is 70.2 Å². The zero-order chi connectivity index (χ0) is 15.2. The third-order valence-electron chi connectivity index (χ3n) is 2.91. The first-order chi connectivity index (χ1) is 10.1. The summed E-state index contributed by atoms with van der Waals surface area (Å²) in [6.07, 6.45) is 0. The van der Waals surface area contributed by atoms with Gasteiger partial charge in [0.15, 0.2) is 0 Å². The van der Waals surface area contributed by atoms with Crippen molar-refractivity contribution in [2.75, 3.05) is 7.11 Å². The highest BCUT2D eigenvalue weighted by Gasteiger charge is 2.07. The fourth-order valence-electron chi connectivity index (χ4n) is 1.79. The molecular weight excluding hydrogens is 290 g/mol. The van der Waals surface area contributed by atoms with E-state index in [1.165, 1.54) is 7.11 Å². The number of rotatable bonds is 4. The van der Waals surface area contributed by atoms with Crippen LogP contribution in [0, 0.1) is 0 Å². The van der Waals surface area contributed by atoms with Gasteiger partial charge in [0.1, 0.15) is 0 Å². The Bertz CT molecular complexity index is 653. The summed E-state index contributed by atoms with van der Waals surface area (Å²) in [7, 11) is 1.33. The van der Waals surface area contributed by atoms with E-state index in [4.69, 9.17) is 11.6 Å². The van der Waals surface area contributed by atoms with E-state index < -0.39 is 0 Å². The summed E-state index contributed by atoms with van der Waals surface area (Å²) in [6.45, 7) is 0.368. The van der Waals surface area contributed by atoms with Gasteiger partial charge in [0, 0.05) is 17.1 Å². The summed E-state index contributed by atoms with van der Waals surface area (Å²) in [5, 5.41) is 3.31. The molecule has 0 radical (unpaired) electrons. The molecule has 0 aliphatic rings. The highest BCUT2D eigenvalue weighted by atomic mass is 35.5. The van der Waals surface area contributed by atoms with Gasteiger partial charge in [0.05, 0.1) is 12.7 Å². The minimum atomic E-state index is -0.385. The Kier molecular flexibility index (Phi) is 4.95. The number of methoxy groups -OCH3 is 1. The van der Waals surface area contributed by atoms with Crippen LogP contribution in [0.2, 0.25) is 5.02 Å². The highest BCUT2D eigenvalue weighted by Crippen LogP contribution is 2.11. The van der Waals surface area contributed by atoms with E-state index in [-0.39, 0.29) is 11.9 Å². The van der Waals surface area contributed by atoms with Crippen molar-refractivity contribution >= 4 is 23.5 Å². The fourth-order valence-corrected chi connectivity index (χ4v) is 1.98. The van der Waals surface area contributed by atoms with Crippen molar-refractivity contribution < 1.29 is 14.3 Å². The van der Waals surface area contributed by atoms with Crippen LogP contribution in [0.3, 0.4) is 0 Å². The number of carbonyl (C=O) groups excluding carboxylic acids is 2. The first-order valence-corrected chi connectivity index (χ1v) is 6.69. The zero-order valence-corrected chi connectivity index (χ0v) is 12.2. The Labute approximate surface area is 127 Å². The largest absolute Gasteiger partial charge is 0.465 e. The second kappa shape index (κ2) is 6.90. The van der Waals surface area contributed by atoms with Gasteiger partial charge in [0.25, 0.3) is 5.91 Å². The Balaban J connectivity index is 1.97. The van der Waals surface area contributed by atoms with Gasteiger partial charge >= 0.3 is 5.97 Å². The molecule has 5 heteroatoms. The van der Waals surface area contributed by atoms with Crippen molar-refractivity contribution in [3.8, 4) is 0 Å². The van der Waals surface area contributed by atoms with Gasteiger partial charge in [-0.05, 0) is 35.9 Å². The van der Waals surface area contributed by atoms with Gasteiger partial charge in [-0.25, -0.2) is 4.79 Å². The summed E-state index contributed by atoms with van der Waals surface area (Å²) in [4.78, 5) is 23.3. The summed E-state index contributed by atoms with van der Waals surface area (Å²) in [5.41, 5.74) is 1.87. The van der Waals surface area contributed by atoms with Crippen molar-refractivity contribution in [2.24, 2.45) is 0 Å². The van der Waals surface area contributed by atoms with Crippen LogP contribution in [-0.4, -0.2) is 19.0 Å². The van der Waals surface area contributed by atoms with Gasteiger partial charge in [-0.2, -0.15) is 0 Å². The van der Waals surface area contributed by atoms with Crippen LogP contribution in [0.25, 0.3) is 0 Å². The molecule has 0 fully saturated rings. The molecule has 0 unspecified atom stereocenters. The van der Waals surface area contributed by atoms with E-state index in [1.807, 2.05) is 0 Å². The maximum absolute atomic E-state index is 11.9. The average Bonchev–Trinajstić information content (AvgIpc) is 2.52. The topological polar surface area (TPSA) is 55.4 Å². The van der Waals surface area contributed by atoms with Crippen LogP contribution < -0.4 is 5.32 Å². The predicted octanol–water partition coefficient (Wildman–Crippen LogP) is 3.06. The lowest BCUT2D eigenvalue weighted by Gasteiger charge is -2.06. The van der Waals surface area contributed by atoms with Crippen molar-refractivity contribution in [3.63, 3.8) is 0 Å². The molecule has 21 heavy (non-hydrogen) atoms. The molecule has 0 aromatic heterocycles. The molecule has 108 valence electrons. The van der Waals surface area contributed by atoms with E-state index in [2.05, 4.69) is 10.1 Å². The van der Waals surface area contributed by atoms with Gasteiger partial charge in [0.2, 0.25) is 0 Å². The SMILES string of the molecule is COC(=O)c1ccc(CNC(=O)c2cccc(Cl)c2)cc1. The smallest absolute Gasteiger partial charge is 0.337 e. The van der Waals surface area contributed by atoms with Crippen LogP contribution in [-0.2, 0) is 11.3 Å². The molecule has 2 aromatic rings. The molecule has 0 atom stereocenters. The summed E-state index contributed by atoms with van der Waals surface area (Å²) < 4.78 is 4.62. The molecule has 2 aromatic carbocycles. The number of ether oxygens (including phenoxy) is 1. The number of benzene rings is 2. The number of esters is 1. The highest BCUT2D eigenvalue weighted by molar-refractivity contribution is 6.30. The van der Waals surface area contributed by atoms with E-state index in [0.29, 0.717) is 22.7 Å². The first kappa shape index (κ1) is 15.1. The molecule has 2 rings (SSSR count). The van der Waals surface area contributed by atoms with Gasteiger partial charge in [-0.15, -0.1) is 0 Å². The summed E-state index contributed by atoms with van der Waals surface area (Å²) >= 11 is 5.84. The standard InChI is InChI=1S/C16H14ClNO3/c1-21-16(20)12-7-5-11(6-8-12)10-18-15(19)13-3-2-4-14(17)9-13/h2-9H,10H2,1H3,(H,18,19). The van der Waals surface area contributed by atoms with Crippen molar-refractivity contribution in [2.45, 2.75) is 6.54 Å². The van der Waals surface area contributed by atoms with Crippen LogP contribution in [0.15, 0.2) is 48.5 Å². The minimum Gasteiger partial charge on any atom is -0.465 e. The first-order valence-electron chi connectivity index (χ1n) is 6.31. The second-order valence-electron chi connectivity index (χ2n) is 4.38. The average molecular weight is 304 g/mol. The van der Waals surface area contributed by atoms with Crippen LogP contribution in [0.5, 0.6) is 0 Å². The fraction of sp³-hybridized carbons (Fsp3) is 0.125. The van der Waals surface area contributed by atoms with Crippen LogP contribution in [0.1, 0.15) is 26.3 Å². The van der Waals surface area contributed by atoms with Crippen LogP contribution in [0.4, 0.5) is 0 Å². The minimum absolute atomic E-state index is 0.199. The number of hydrogen-bond acceptors (Lipinski definition) is 3. The lowest BCUT2D eigenvalue weighted by molar-refractivity contribution is 0.0600. The van der Waals surface area contributed by atoms with Crippen LogP contribution >= 0.6 is 11.6 Å². The molecule has 0 aliphatic heterocycles. The Morgan fingerprint density at radius 1 is 1.10 bits per heavy atom. The molecule has 1 N–H and O–H groups in total. The molecule has 0 saturated carbocycles. The second-order valence-corrected chi connectivity index (χ2v) is 4.82. The quantitative estimate of drug-likeness (QED) is 0.883. The molecule has 0 aliphatic carbocycles. The number of nitrogens with one attached hydrogen (secondary N) is 1. The third-order valence-corrected chi connectivity index (χ3v) is 3.15. The lowest BCUT2D eigenvalue weighted by Crippen LogP contribution is -2.22. The molecule has 0 heterocycles. The molecule has 4 nitrogen and oxygen atoms in total. The number of carbonyl (C=O) groups is 2. The number of halogens is 1. The van der Waals surface area contributed by atoms with E-state index in [0.717, 1.165) is 5.56 Å². The van der Waals surface area contributed by atoms with E-state index in [9.17, 15) is 9.59 Å². The molecule has 0 bridgehead atoms. The number of amides is 1. The Hall–Kier alpha value is -2.33. The monoisotopic (exact) mass is 303 g/mol. The molecule has 0 saturated heterocycles. The molecule has 1 amide bonds. The summed E-state index contributed by atoms with van der Waals surface area (Å²) in [5.74, 6) is -0.584. The van der Waals surface area contributed by atoms with Gasteiger partial charge in [-0.3, -0.25) is 4.79 Å². The van der Waals surface area contributed by atoms with Gasteiger partial charge < -0.3 is 10.1 Å². The Morgan fingerprint density at radius 3 is 2.43 bits per heavy atom. The maximum atomic E-state index is 11.9. The molecule has 0 spiro atoms. The normalized spacial score (nSPS) is 10.0. The maximum Gasteiger partial charge on any atom is 0.337 e. The van der Waals surface area contributed by atoms with Crippen molar-refractivity contribution in [1.82, 2.24) is 5.32 Å². The summed E-state index contributed by atoms with van der Waals surface area (Å²) in [6, 6.07) is 13.6. The third kappa shape index (κ3) is 4.07. The zero-order valence-electron chi connectivity index (χ0n) is 11.4.